The fourth-order valence-corrected chi connectivity index (χ4v) is 3.61. The van der Waals surface area contributed by atoms with Gasteiger partial charge >= 0.3 is 5.97 Å². The van der Waals surface area contributed by atoms with E-state index in [1.165, 1.54) is 0 Å². The maximum atomic E-state index is 12.2. The Kier molecular flexibility index (Phi) is 5.07. The number of carbonyl (C=O) groups excluding carboxylic acids is 2. The van der Waals surface area contributed by atoms with Crippen LogP contribution in [0.3, 0.4) is 0 Å². The first-order valence-electron chi connectivity index (χ1n) is 7.72. The highest BCUT2D eigenvalue weighted by Crippen LogP contribution is 2.37. The minimum atomic E-state index is -0.788. The van der Waals surface area contributed by atoms with Crippen LogP contribution in [0.1, 0.15) is 34.3 Å². The molecule has 2 aromatic carbocycles. The molecule has 1 unspecified atom stereocenters. The summed E-state index contributed by atoms with van der Waals surface area (Å²) in [5.41, 5.74) is 1.65. The molecule has 124 valence electrons. The van der Waals surface area contributed by atoms with Crippen molar-refractivity contribution in [3.05, 3.63) is 68.7 Å². The molecule has 0 saturated carbocycles. The van der Waals surface area contributed by atoms with E-state index in [1.807, 2.05) is 12.1 Å². The molecule has 0 spiro atoms. The Morgan fingerprint density at radius 3 is 2.71 bits per heavy atom. The summed E-state index contributed by atoms with van der Waals surface area (Å²) in [5, 5.41) is 0.655. The van der Waals surface area contributed by atoms with Gasteiger partial charge in [-0.2, -0.15) is 0 Å². The number of ether oxygens (including phenoxy) is 1. The molecule has 24 heavy (non-hydrogen) atoms. The standard InChI is InChI=1S/C19H16BrClO3/c20-15-5-3-13(4-6-15)18(23)24-12-19(11-22)9-1-2-14-10-16(21)7-8-17(14)19/h3-8,10-11H,1-2,9,12H2. The van der Waals surface area contributed by atoms with Crippen molar-refractivity contribution in [1.82, 2.24) is 0 Å². The predicted octanol–water partition coefficient (Wildman–Crippen LogP) is 4.73. The van der Waals surface area contributed by atoms with Crippen molar-refractivity contribution in [2.24, 2.45) is 0 Å². The SMILES string of the molecule is O=CC1(COC(=O)c2ccc(Br)cc2)CCCc2cc(Cl)ccc21. The molecule has 0 fully saturated rings. The monoisotopic (exact) mass is 406 g/mol. The lowest BCUT2D eigenvalue weighted by Gasteiger charge is -2.34. The number of aryl methyl sites for hydroxylation is 1. The molecule has 3 rings (SSSR count). The van der Waals surface area contributed by atoms with E-state index in [0.717, 1.165) is 34.7 Å². The summed E-state index contributed by atoms with van der Waals surface area (Å²) in [7, 11) is 0. The summed E-state index contributed by atoms with van der Waals surface area (Å²) in [6.45, 7) is 0.0417. The van der Waals surface area contributed by atoms with Crippen LogP contribution in [-0.4, -0.2) is 18.9 Å². The zero-order valence-corrected chi connectivity index (χ0v) is 15.3. The van der Waals surface area contributed by atoms with E-state index in [-0.39, 0.29) is 6.61 Å². The van der Waals surface area contributed by atoms with Gasteiger partial charge in [0.05, 0.1) is 11.0 Å². The van der Waals surface area contributed by atoms with Gasteiger partial charge in [-0.15, -0.1) is 0 Å². The molecule has 2 aromatic rings. The Hall–Kier alpha value is -1.65. The molecule has 0 radical (unpaired) electrons. The van der Waals surface area contributed by atoms with Crippen LogP contribution in [0.15, 0.2) is 46.9 Å². The zero-order valence-electron chi connectivity index (χ0n) is 12.9. The molecule has 5 heteroatoms. The van der Waals surface area contributed by atoms with Crippen LogP contribution in [0.5, 0.6) is 0 Å². The lowest BCUT2D eigenvalue weighted by Crippen LogP contribution is -2.38. The largest absolute Gasteiger partial charge is 0.461 e. The van der Waals surface area contributed by atoms with Crippen LogP contribution >= 0.6 is 27.5 Å². The van der Waals surface area contributed by atoms with Gasteiger partial charge < -0.3 is 9.53 Å². The Labute approximate surface area is 154 Å². The average molecular weight is 408 g/mol. The minimum absolute atomic E-state index is 0.0417. The van der Waals surface area contributed by atoms with Gasteiger partial charge in [0.1, 0.15) is 12.9 Å². The van der Waals surface area contributed by atoms with Gasteiger partial charge in [0, 0.05) is 9.50 Å². The van der Waals surface area contributed by atoms with Crippen LogP contribution < -0.4 is 0 Å². The summed E-state index contributed by atoms with van der Waals surface area (Å²) >= 11 is 9.39. The maximum Gasteiger partial charge on any atom is 0.338 e. The number of esters is 1. The second-order valence-electron chi connectivity index (χ2n) is 6.01. The third-order valence-electron chi connectivity index (χ3n) is 4.44. The summed E-state index contributed by atoms with van der Waals surface area (Å²) < 4.78 is 6.36. The highest BCUT2D eigenvalue weighted by atomic mass is 79.9. The van der Waals surface area contributed by atoms with E-state index >= 15 is 0 Å². The molecule has 0 N–H and O–H groups in total. The molecule has 0 saturated heterocycles. The maximum absolute atomic E-state index is 12.2. The van der Waals surface area contributed by atoms with E-state index in [4.69, 9.17) is 16.3 Å². The van der Waals surface area contributed by atoms with E-state index in [1.54, 1.807) is 30.3 Å². The van der Waals surface area contributed by atoms with Gasteiger partial charge in [-0.05, 0) is 66.8 Å². The molecular weight excluding hydrogens is 392 g/mol. The summed E-state index contributed by atoms with van der Waals surface area (Å²) in [4.78, 5) is 24.1. The lowest BCUT2D eigenvalue weighted by molar-refractivity contribution is -0.114. The number of benzene rings is 2. The van der Waals surface area contributed by atoms with Gasteiger partial charge in [0.25, 0.3) is 0 Å². The molecule has 1 atom stereocenters. The van der Waals surface area contributed by atoms with Crippen LogP contribution in [0.2, 0.25) is 5.02 Å². The fourth-order valence-electron chi connectivity index (χ4n) is 3.15. The van der Waals surface area contributed by atoms with Crippen LogP contribution in [0, 0.1) is 0 Å². The molecule has 0 amide bonds. The molecule has 3 nitrogen and oxygen atoms in total. The molecule has 1 aliphatic carbocycles. The number of hydrogen-bond donors (Lipinski definition) is 0. The van der Waals surface area contributed by atoms with Crippen LogP contribution in [0.25, 0.3) is 0 Å². The fraction of sp³-hybridized carbons (Fsp3) is 0.263. The molecule has 0 aliphatic heterocycles. The molecular formula is C19H16BrClO3. The topological polar surface area (TPSA) is 43.4 Å². The predicted molar refractivity (Wildman–Crippen MR) is 96.6 cm³/mol. The zero-order chi connectivity index (χ0) is 17.2. The summed E-state index contributed by atoms with van der Waals surface area (Å²) in [6, 6.07) is 12.5. The van der Waals surface area contributed by atoms with E-state index in [2.05, 4.69) is 15.9 Å². The van der Waals surface area contributed by atoms with Crippen LogP contribution in [0.4, 0.5) is 0 Å². The van der Waals surface area contributed by atoms with Crippen molar-refractivity contribution >= 4 is 39.8 Å². The van der Waals surface area contributed by atoms with Crippen molar-refractivity contribution in [3.63, 3.8) is 0 Å². The third-order valence-corrected chi connectivity index (χ3v) is 5.20. The van der Waals surface area contributed by atoms with Crippen molar-refractivity contribution in [1.29, 1.82) is 0 Å². The van der Waals surface area contributed by atoms with Crippen molar-refractivity contribution in [2.45, 2.75) is 24.7 Å². The second kappa shape index (κ2) is 7.08. The Morgan fingerprint density at radius 2 is 2.00 bits per heavy atom. The number of halogens is 2. The first kappa shape index (κ1) is 17.2. The van der Waals surface area contributed by atoms with Crippen molar-refractivity contribution in [3.8, 4) is 0 Å². The Bertz CT molecular complexity index is 773. The number of fused-ring (bicyclic) bond motifs is 1. The van der Waals surface area contributed by atoms with Gasteiger partial charge in [0.15, 0.2) is 0 Å². The van der Waals surface area contributed by atoms with E-state index < -0.39 is 11.4 Å². The third kappa shape index (κ3) is 3.40. The summed E-state index contributed by atoms with van der Waals surface area (Å²) in [6.07, 6.45) is 3.32. The first-order chi connectivity index (χ1) is 11.5. The lowest BCUT2D eigenvalue weighted by atomic mass is 9.71. The second-order valence-corrected chi connectivity index (χ2v) is 7.36. The Morgan fingerprint density at radius 1 is 1.25 bits per heavy atom. The van der Waals surface area contributed by atoms with E-state index in [9.17, 15) is 9.59 Å². The van der Waals surface area contributed by atoms with E-state index in [0.29, 0.717) is 17.0 Å². The average Bonchev–Trinajstić information content (AvgIpc) is 2.59. The molecule has 1 aliphatic rings. The van der Waals surface area contributed by atoms with Crippen LogP contribution in [-0.2, 0) is 21.4 Å². The minimum Gasteiger partial charge on any atom is -0.461 e. The number of rotatable bonds is 4. The highest BCUT2D eigenvalue weighted by Gasteiger charge is 2.38. The van der Waals surface area contributed by atoms with Crippen molar-refractivity contribution in [2.75, 3.05) is 6.61 Å². The summed E-state index contributed by atoms with van der Waals surface area (Å²) in [5.74, 6) is -0.426. The number of aldehydes is 1. The van der Waals surface area contributed by atoms with Crippen molar-refractivity contribution < 1.29 is 14.3 Å². The Balaban J connectivity index is 1.81. The normalized spacial score (nSPS) is 19.4. The smallest absolute Gasteiger partial charge is 0.338 e. The number of hydrogen-bond acceptors (Lipinski definition) is 3. The molecule has 0 bridgehead atoms. The number of carbonyl (C=O) groups is 2. The van der Waals surface area contributed by atoms with Gasteiger partial charge in [-0.1, -0.05) is 33.6 Å². The highest BCUT2D eigenvalue weighted by molar-refractivity contribution is 9.10. The van der Waals surface area contributed by atoms with Gasteiger partial charge in [0.2, 0.25) is 0 Å². The quantitative estimate of drug-likeness (QED) is 0.543. The van der Waals surface area contributed by atoms with Gasteiger partial charge in [-0.3, -0.25) is 0 Å². The van der Waals surface area contributed by atoms with Gasteiger partial charge in [-0.25, -0.2) is 4.79 Å². The molecule has 0 aromatic heterocycles. The first-order valence-corrected chi connectivity index (χ1v) is 8.89. The molecule has 0 heterocycles.